The minimum Gasteiger partial charge on any atom is -0.376 e. The van der Waals surface area contributed by atoms with Crippen LogP contribution in [-0.2, 0) is 4.74 Å². The van der Waals surface area contributed by atoms with Gasteiger partial charge in [-0.3, -0.25) is 19.3 Å². The predicted octanol–water partition coefficient (Wildman–Crippen LogP) is 1.99. The first-order valence-corrected chi connectivity index (χ1v) is 8.22. The number of rotatable bonds is 3. The third-order valence-corrected chi connectivity index (χ3v) is 4.33. The minimum absolute atomic E-state index is 0.0583. The van der Waals surface area contributed by atoms with Gasteiger partial charge in [0.25, 0.3) is 17.7 Å². The fourth-order valence-electron chi connectivity index (χ4n) is 3.11. The van der Waals surface area contributed by atoms with Gasteiger partial charge in [-0.1, -0.05) is 0 Å². The lowest BCUT2D eigenvalue weighted by Crippen LogP contribution is -2.45. The Balaban J connectivity index is 1.78. The van der Waals surface area contributed by atoms with Crippen LogP contribution in [0.2, 0.25) is 0 Å². The Bertz CT molecular complexity index is 699. The molecule has 2 heterocycles. The normalized spacial score (nSPS) is 20.5. The Labute approximate surface area is 141 Å². The molecule has 1 aromatic carbocycles. The zero-order valence-electron chi connectivity index (χ0n) is 14.2. The topological polar surface area (TPSA) is 75.7 Å². The largest absolute Gasteiger partial charge is 0.376 e. The van der Waals surface area contributed by atoms with E-state index < -0.39 is 5.54 Å². The Morgan fingerprint density at radius 2 is 1.96 bits per heavy atom. The second-order valence-corrected chi connectivity index (χ2v) is 7.22. The van der Waals surface area contributed by atoms with Gasteiger partial charge in [0.05, 0.1) is 17.2 Å². The van der Waals surface area contributed by atoms with Crippen LogP contribution >= 0.6 is 0 Å². The van der Waals surface area contributed by atoms with Crippen molar-refractivity contribution in [2.24, 2.45) is 0 Å². The van der Waals surface area contributed by atoms with Gasteiger partial charge in [-0.2, -0.15) is 0 Å². The van der Waals surface area contributed by atoms with Gasteiger partial charge in [-0.25, -0.2) is 0 Å². The molecular weight excluding hydrogens is 308 g/mol. The smallest absolute Gasteiger partial charge is 0.262 e. The Hall–Kier alpha value is -2.21. The SMILES string of the molecule is CC(C)(C)N1C(=O)c2ccc(C(=O)NC[C@H]3CCCO3)cc2C1=O. The van der Waals surface area contributed by atoms with E-state index in [1.54, 1.807) is 12.1 Å². The van der Waals surface area contributed by atoms with Gasteiger partial charge >= 0.3 is 0 Å². The number of ether oxygens (including phenoxy) is 1. The van der Waals surface area contributed by atoms with E-state index in [-0.39, 0.29) is 23.8 Å². The number of carbonyl (C=O) groups excluding carboxylic acids is 3. The molecule has 2 aliphatic rings. The number of amides is 3. The van der Waals surface area contributed by atoms with Crippen molar-refractivity contribution in [3.63, 3.8) is 0 Å². The zero-order valence-corrected chi connectivity index (χ0v) is 14.2. The summed E-state index contributed by atoms with van der Waals surface area (Å²) in [6.07, 6.45) is 2.01. The molecule has 6 nitrogen and oxygen atoms in total. The molecule has 3 amide bonds. The van der Waals surface area contributed by atoms with Crippen molar-refractivity contribution in [2.75, 3.05) is 13.2 Å². The third-order valence-electron chi connectivity index (χ3n) is 4.33. The van der Waals surface area contributed by atoms with Crippen molar-refractivity contribution in [2.45, 2.75) is 45.3 Å². The molecule has 0 bridgehead atoms. The van der Waals surface area contributed by atoms with Crippen LogP contribution in [0.15, 0.2) is 18.2 Å². The number of benzene rings is 1. The number of hydrogen-bond donors (Lipinski definition) is 1. The first kappa shape index (κ1) is 16.6. The quantitative estimate of drug-likeness (QED) is 0.860. The molecule has 3 rings (SSSR count). The summed E-state index contributed by atoms with van der Waals surface area (Å²) in [5.74, 6) is -0.923. The third kappa shape index (κ3) is 2.94. The summed E-state index contributed by atoms with van der Waals surface area (Å²) in [5.41, 5.74) is 0.420. The Morgan fingerprint density at radius 3 is 2.58 bits per heavy atom. The van der Waals surface area contributed by atoms with Gasteiger partial charge in [0, 0.05) is 24.3 Å². The highest BCUT2D eigenvalue weighted by Gasteiger charge is 2.42. The van der Waals surface area contributed by atoms with E-state index in [9.17, 15) is 14.4 Å². The lowest BCUT2D eigenvalue weighted by Gasteiger charge is -2.29. The van der Waals surface area contributed by atoms with Crippen LogP contribution in [0.3, 0.4) is 0 Å². The van der Waals surface area contributed by atoms with Crippen molar-refractivity contribution < 1.29 is 19.1 Å². The summed E-state index contributed by atoms with van der Waals surface area (Å²) in [6, 6.07) is 4.65. The maximum absolute atomic E-state index is 12.5. The van der Waals surface area contributed by atoms with Gasteiger partial charge in [-0.05, 0) is 51.8 Å². The van der Waals surface area contributed by atoms with Gasteiger partial charge in [-0.15, -0.1) is 0 Å². The molecule has 0 aromatic heterocycles. The summed E-state index contributed by atoms with van der Waals surface area (Å²) >= 11 is 0. The van der Waals surface area contributed by atoms with Crippen LogP contribution in [0.5, 0.6) is 0 Å². The molecule has 6 heteroatoms. The molecular formula is C18H22N2O4. The zero-order chi connectivity index (χ0) is 17.5. The molecule has 1 N–H and O–H groups in total. The van der Waals surface area contributed by atoms with Crippen LogP contribution in [-0.4, -0.2) is 47.4 Å². The monoisotopic (exact) mass is 330 g/mol. The standard InChI is InChI=1S/C18H22N2O4/c1-18(2,3)20-16(22)13-7-6-11(9-14(13)17(20)23)15(21)19-10-12-5-4-8-24-12/h6-7,9,12H,4-5,8,10H2,1-3H3,(H,19,21)/t12-/m1/s1. The average molecular weight is 330 g/mol. The van der Waals surface area contributed by atoms with Crippen molar-refractivity contribution in [3.8, 4) is 0 Å². The second kappa shape index (κ2) is 6.02. The van der Waals surface area contributed by atoms with Gasteiger partial charge in [0.1, 0.15) is 0 Å². The van der Waals surface area contributed by atoms with Crippen LogP contribution in [0, 0.1) is 0 Å². The van der Waals surface area contributed by atoms with Crippen LogP contribution in [0.4, 0.5) is 0 Å². The molecule has 0 unspecified atom stereocenters. The van der Waals surface area contributed by atoms with E-state index in [1.165, 1.54) is 11.0 Å². The lowest BCUT2D eigenvalue weighted by atomic mass is 10.1. The summed E-state index contributed by atoms with van der Waals surface area (Å²) in [6.45, 7) is 6.62. The molecule has 0 aliphatic carbocycles. The molecule has 1 fully saturated rings. The molecule has 1 saturated heterocycles. The molecule has 2 aliphatic heterocycles. The minimum atomic E-state index is -0.602. The highest BCUT2D eigenvalue weighted by molar-refractivity contribution is 6.22. The summed E-state index contributed by atoms with van der Waals surface area (Å²) in [7, 11) is 0. The Morgan fingerprint density at radius 1 is 1.25 bits per heavy atom. The maximum Gasteiger partial charge on any atom is 0.262 e. The molecule has 0 radical (unpaired) electrons. The first-order chi connectivity index (χ1) is 11.3. The van der Waals surface area contributed by atoms with Crippen molar-refractivity contribution in [1.82, 2.24) is 10.2 Å². The summed E-state index contributed by atoms with van der Waals surface area (Å²) in [4.78, 5) is 38.5. The summed E-state index contributed by atoms with van der Waals surface area (Å²) < 4.78 is 5.48. The van der Waals surface area contributed by atoms with E-state index in [0.717, 1.165) is 19.4 Å². The fourth-order valence-corrected chi connectivity index (χ4v) is 3.11. The first-order valence-electron chi connectivity index (χ1n) is 8.22. The maximum atomic E-state index is 12.5. The van der Waals surface area contributed by atoms with Gasteiger partial charge < -0.3 is 10.1 Å². The van der Waals surface area contributed by atoms with Crippen molar-refractivity contribution >= 4 is 17.7 Å². The predicted molar refractivity (Wildman–Crippen MR) is 88.0 cm³/mol. The molecule has 128 valence electrons. The Kier molecular flexibility index (Phi) is 4.17. The van der Waals surface area contributed by atoms with E-state index in [2.05, 4.69) is 5.32 Å². The number of nitrogens with one attached hydrogen (secondary N) is 1. The van der Waals surface area contributed by atoms with E-state index in [1.807, 2.05) is 20.8 Å². The van der Waals surface area contributed by atoms with Crippen LogP contribution in [0.1, 0.15) is 64.7 Å². The van der Waals surface area contributed by atoms with Crippen LogP contribution < -0.4 is 5.32 Å². The number of hydrogen-bond acceptors (Lipinski definition) is 4. The van der Waals surface area contributed by atoms with Gasteiger partial charge in [0.2, 0.25) is 0 Å². The van der Waals surface area contributed by atoms with Crippen LogP contribution in [0.25, 0.3) is 0 Å². The fraction of sp³-hybridized carbons (Fsp3) is 0.500. The van der Waals surface area contributed by atoms with E-state index in [4.69, 9.17) is 4.74 Å². The number of fused-ring (bicyclic) bond motifs is 1. The van der Waals surface area contributed by atoms with Gasteiger partial charge in [0.15, 0.2) is 0 Å². The van der Waals surface area contributed by atoms with Crippen molar-refractivity contribution in [1.29, 1.82) is 0 Å². The number of carbonyl (C=O) groups is 3. The van der Waals surface area contributed by atoms with E-state index >= 15 is 0 Å². The van der Waals surface area contributed by atoms with E-state index in [0.29, 0.717) is 23.2 Å². The average Bonchev–Trinajstić information content (AvgIpc) is 3.11. The molecule has 1 atom stereocenters. The second-order valence-electron chi connectivity index (χ2n) is 7.22. The summed E-state index contributed by atoms with van der Waals surface area (Å²) in [5, 5.41) is 2.83. The van der Waals surface area contributed by atoms with Crippen molar-refractivity contribution in [3.05, 3.63) is 34.9 Å². The molecule has 24 heavy (non-hydrogen) atoms. The number of imide groups is 1. The molecule has 0 spiro atoms. The molecule has 0 saturated carbocycles. The lowest BCUT2D eigenvalue weighted by molar-refractivity contribution is 0.0507. The molecule has 1 aromatic rings. The highest BCUT2D eigenvalue weighted by Crippen LogP contribution is 2.29. The number of nitrogens with zero attached hydrogens (tertiary/aromatic N) is 1. The highest BCUT2D eigenvalue weighted by atomic mass is 16.5.